The van der Waals surface area contributed by atoms with Crippen molar-refractivity contribution in [3.05, 3.63) is 0 Å². The molecule has 1 atom stereocenters. The summed E-state index contributed by atoms with van der Waals surface area (Å²) in [5.74, 6) is -0.739. The van der Waals surface area contributed by atoms with Gasteiger partial charge in [0.1, 0.15) is 0 Å². The number of hydrogen-bond donors (Lipinski definition) is 0. The first-order chi connectivity index (χ1) is 5.76. The van der Waals surface area contributed by atoms with Gasteiger partial charge in [-0.3, -0.25) is 0 Å². The summed E-state index contributed by atoms with van der Waals surface area (Å²) in [7, 11) is 1.14. The summed E-state index contributed by atoms with van der Waals surface area (Å²) in [5, 5.41) is 0. The maximum Gasteiger partial charge on any atom is 0.333 e. The molecule has 0 aliphatic rings. The highest BCUT2D eigenvalue weighted by molar-refractivity contribution is 5.77. The third-order valence-electron chi connectivity index (χ3n) is 1.01. The number of carbonyl (C=O) groups is 1. The zero-order chi connectivity index (χ0) is 9.40. The van der Waals surface area contributed by atoms with Crippen molar-refractivity contribution in [1.82, 2.24) is 0 Å². The zero-order valence-electron chi connectivity index (χ0n) is 6.31. The Hall–Kier alpha value is -1.77. The van der Waals surface area contributed by atoms with Gasteiger partial charge in [-0.05, 0) is 0 Å². The number of ether oxygens (including phenoxy) is 1. The Balaban J connectivity index is 4.31. The van der Waals surface area contributed by atoms with Crippen LogP contribution < -0.4 is 0 Å². The van der Waals surface area contributed by atoms with Crippen molar-refractivity contribution in [2.24, 2.45) is 9.98 Å². The quantitative estimate of drug-likeness (QED) is 0.314. The molecule has 0 heterocycles. The molecule has 0 fully saturated rings. The first-order valence-corrected chi connectivity index (χ1v) is 2.94. The van der Waals surface area contributed by atoms with Gasteiger partial charge in [0.25, 0.3) is 0 Å². The first kappa shape index (κ1) is 10.2. The van der Waals surface area contributed by atoms with E-state index >= 15 is 0 Å². The van der Waals surface area contributed by atoms with Gasteiger partial charge < -0.3 is 4.74 Å². The fourth-order valence-electron chi connectivity index (χ4n) is 0.491. The van der Waals surface area contributed by atoms with Gasteiger partial charge >= 0.3 is 5.97 Å². The highest BCUT2D eigenvalue weighted by atomic mass is 16.5. The molecule has 0 aromatic rings. The van der Waals surface area contributed by atoms with Crippen molar-refractivity contribution < 1.29 is 19.1 Å². The number of isocyanates is 2. The van der Waals surface area contributed by atoms with Crippen LogP contribution in [0.25, 0.3) is 0 Å². The normalized spacial score (nSPS) is 10.4. The maximum atomic E-state index is 10.7. The summed E-state index contributed by atoms with van der Waals surface area (Å²) in [6.07, 6.45) is 2.39. The second-order valence-electron chi connectivity index (χ2n) is 1.69. The summed E-state index contributed by atoms with van der Waals surface area (Å²) in [5.41, 5.74) is 0. The fourth-order valence-corrected chi connectivity index (χ4v) is 0.491. The second kappa shape index (κ2) is 5.97. The van der Waals surface area contributed by atoms with E-state index in [1.165, 1.54) is 12.2 Å². The molecule has 6 heteroatoms. The number of hydrogen-bond acceptors (Lipinski definition) is 6. The average Bonchev–Trinajstić information content (AvgIpc) is 2.11. The lowest BCUT2D eigenvalue weighted by Crippen LogP contribution is -2.23. The molecule has 12 heavy (non-hydrogen) atoms. The van der Waals surface area contributed by atoms with Crippen LogP contribution in [0.1, 0.15) is 0 Å². The number of nitrogens with zero attached hydrogens (tertiary/aromatic N) is 2. The van der Waals surface area contributed by atoms with Crippen molar-refractivity contribution >= 4 is 18.1 Å². The Morgan fingerprint density at radius 2 is 2.17 bits per heavy atom. The van der Waals surface area contributed by atoms with Gasteiger partial charge in [-0.25, -0.2) is 19.4 Å². The van der Waals surface area contributed by atoms with Crippen LogP contribution in [0.15, 0.2) is 9.98 Å². The Labute approximate surface area is 68.0 Å². The van der Waals surface area contributed by atoms with Gasteiger partial charge in [-0.15, -0.1) is 0 Å². The van der Waals surface area contributed by atoms with E-state index in [0.717, 1.165) is 7.11 Å². The Morgan fingerprint density at radius 3 is 2.58 bits per heavy atom. The topological polar surface area (TPSA) is 85.2 Å². The Bertz CT molecular complexity index is 250. The summed E-state index contributed by atoms with van der Waals surface area (Å²) in [6, 6.07) is -1.09. The molecule has 0 aromatic carbocycles. The van der Waals surface area contributed by atoms with E-state index in [4.69, 9.17) is 0 Å². The van der Waals surface area contributed by atoms with Crippen LogP contribution in [0.5, 0.6) is 0 Å². The standard InChI is InChI=1S/C6H6N2O4/c1-12-6(11)5(8-4-10)2-7-3-9/h5H,2H2,1H3/t5-/m0/s1. The van der Waals surface area contributed by atoms with Crippen LogP contribution in [-0.4, -0.2) is 37.8 Å². The summed E-state index contributed by atoms with van der Waals surface area (Å²) >= 11 is 0. The highest BCUT2D eigenvalue weighted by Gasteiger charge is 2.16. The fraction of sp³-hybridized carbons (Fsp3) is 0.500. The molecule has 0 spiro atoms. The third-order valence-corrected chi connectivity index (χ3v) is 1.01. The number of aliphatic imine (C=N–C) groups is 2. The molecule has 0 aliphatic heterocycles. The van der Waals surface area contributed by atoms with Gasteiger partial charge in [-0.1, -0.05) is 0 Å². The molecule has 0 amide bonds. The predicted octanol–water partition coefficient (Wildman–Crippen LogP) is -0.800. The van der Waals surface area contributed by atoms with Crippen LogP contribution in [0.3, 0.4) is 0 Å². The van der Waals surface area contributed by atoms with Crippen LogP contribution in [-0.2, 0) is 19.1 Å². The second-order valence-corrected chi connectivity index (χ2v) is 1.69. The van der Waals surface area contributed by atoms with E-state index in [1.807, 2.05) is 0 Å². The number of esters is 1. The van der Waals surface area contributed by atoms with E-state index in [1.54, 1.807) is 0 Å². The largest absolute Gasteiger partial charge is 0.467 e. The molecule has 0 saturated carbocycles. The van der Waals surface area contributed by atoms with E-state index in [2.05, 4.69) is 14.7 Å². The molecule has 0 saturated heterocycles. The van der Waals surface area contributed by atoms with Gasteiger partial charge in [0, 0.05) is 0 Å². The molecular formula is C6H6N2O4. The molecule has 0 N–H and O–H groups in total. The summed E-state index contributed by atoms with van der Waals surface area (Å²) in [6.45, 7) is -0.245. The van der Waals surface area contributed by atoms with Gasteiger partial charge in [-0.2, -0.15) is 4.99 Å². The minimum absolute atomic E-state index is 0.245. The number of rotatable bonds is 4. The average molecular weight is 170 g/mol. The van der Waals surface area contributed by atoms with Gasteiger partial charge in [0.05, 0.1) is 13.7 Å². The Morgan fingerprint density at radius 1 is 1.50 bits per heavy atom. The third kappa shape index (κ3) is 3.41. The summed E-state index contributed by atoms with van der Waals surface area (Å²) in [4.78, 5) is 36.3. The van der Waals surface area contributed by atoms with Crippen molar-refractivity contribution in [2.45, 2.75) is 6.04 Å². The molecule has 0 aromatic heterocycles. The van der Waals surface area contributed by atoms with Crippen molar-refractivity contribution in [1.29, 1.82) is 0 Å². The van der Waals surface area contributed by atoms with Crippen molar-refractivity contribution in [3.63, 3.8) is 0 Å². The lowest BCUT2D eigenvalue weighted by molar-refractivity contribution is -0.141. The first-order valence-electron chi connectivity index (χ1n) is 2.94. The molecule has 64 valence electrons. The SMILES string of the molecule is COC(=O)[C@H](CN=C=O)N=C=O. The van der Waals surface area contributed by atoms with E-state index in [-0.39, 0.29) is 6.54 Å². The molecule has 0 aliphatic carbocycles. The van der Waals surface area contributed by atoms with Crippen LogP contribution in [0.4, 0.5) is 0 Å². The molecule has 0 radical (unpaired) electrons. The lowest BCUT2D eigenvalue weighted by atomic mass is 10.3. The highest BCUT2D eigenvalue weighted by Crippen LogP contribution is 1.93. The molecule has 0 unspecified atom stereocenters. The van der Waals surface area contributed by atoms with Crippen molar-refractivity contribution in [3.8, 4) is 0 Å². The summed E-state index contributed by atoms with van der Waals surface area (Å²) < 4.78 is 4.26. The minimum atomic E-state index is -1.09. The molecule has 0 rings (SSSR count). The minimum Gasteiger partial charge on any atom is -0.467 e. The maximum absolute atomic E-state index is 10.7. The lowest BCUT2D eigenvalue weighted by Gasteiger charge is -2.02. The smallest absolute Gasteiger partial charge is 0.333 e. The van der Waals surface area contributed by atoms with E-state index < -0.39 is 12.0 Å². The molecular weight excluding hydrogens is 164 g/mol. The van der Waals surface area contributed by atoms with Crippen LogP contribution >= 0.6 is 0 Å². The molecule has 0 bridgehead atoms. The van der Waals surface area contributed by atoms with E-state index in [0.29, 0.717) is 0 Å². The van der Waals surface area contributed by atoms with Crippen molar-refractivity contribution in [2.75, 3.05) is 13.7 Å². The van der Waals surface area contributed by atoms with E-state index in [9.17, 15) is 14.4 Å². The van der Waals surface area contributed by atoms with Gasteiger partial charge in [0.15, 0.2) is 6.04 Å². The van der Waals surface area contributed by atoms with Crippen LogP contribution in [0, 0.1) is 0 Å². The zero-order valence-corrected chi connectivity index (χ0v) is 6.31. The van der Waals surface area contributed by atoms with Gasteiger partial charge in [0.2, 0.25) is 12.2 Å². The monoisotopic (exact) mass is 170 g/mol. The number of methoxy groups -OCH3 is 1. The predicted molar refractivity (Wildman–Crippen MR) is 36.9 cm³/mol. The number of carbonyl (C=O) groups excluding carboxylic acids is 3. The molecule has 6 nitrogen and oxygen atoms in total. The van der Waals surface area contributed by atoms with Crippen LogP contribution in [0.2, 0.25) is 0 Å². The Kier molecular flexibility index (Phi) is 5.09.